The van der Waals surface area contributed by atoms with Gasteiger partial charge in [-0.25, -0.2) is 9.02 Å². The molecule has 3 heterocycles. The first-order chi connectivity index (χ1) is 24.9. The molecule has 282 valence electrons. The first-order valence-electron chi connectivity index (χ1n) is 18.3. The van der Waals surface area contributed by atoms with E-state index in [1.807, 2.05) is 20.9 Å². The highest BCUT2D eigenvalue weighted by atomic mass is 19.1. The van der Waals surface area contributed by atoms with Gasteiger partial charge in [-0.3, -0.25) is 23.9 Å². The van der Waals surface area contributed by atoms with Gasteiger partial charge in [0.1, 0.15) is 17.6 Å². The minimum absolute atomic E-state index is 0.0411. The molecular formula is C37H51FN8O6. The van der Waals surface area contributed by atoms with Crippen LogP contribution in [0.5, 0.6) is 5.75 Å². The monoisotopic (exact) mass is 722 g/mol. The van der Waals surface area contributed by atoms with Crippen LogP contribution in [0.2, 0.25) is 0 Å². The van der Waals surface area contributed by atoms with Crippen molar-refractivity contribution in [1.82, 2.24) is 40.5 Å². The third-order valence-electron chi connectivity index (χ3n) is 10.6. The molecule has 0 bridgehead atoms. The molecule has 1 saturated heterocycles. The Morgan fingerprint density at radius 3 is 2.37 bits per heavy atom. The van der Waals surface area contributed by atoms with Crippen molar-refractivity contribution in [3.63, 3.8) is 0 Å². The number of halogens is 1. The van der Waals surface area contributed by atoms with E-state index in [9.17, 15) is 19.2 Å². The Kier molecular flexibility index (Phi) is 12.8. The van der Waals surface area contributed by atoms with Crippen LogP contribution in [-0.4, -0.2) is 106 Å². The zero-order chi connectivity index (χ0) is 37.5. The largest absolute Gasteiger partial charge is 0.493 e. The molecule has 0 unspecified atom stereocenters. The molecule has 5 rings (SSSR count). The third kappa shape index (κ3) is 8.68. The maximum absolute atomic E-state index is 16.0. The molecule has 1 aromatic carbocycles. The van der Waals surface area contributed by atoms with E-state index < -0.39 is 35.6 Å². The van der Waals surface area contributed by atoms with Crippen LogP contribution in [0.15, 0.2) is 29.0 Å². The predicted molar refractivity (Wildman–Crippen MR) is 189 cm³/mol. The van der Waals surface area contributed by atoms with Gasteiger partial charge in [0, 0.05) is 45.1 Å². The van der Waals surface area contributed by atoms with Crippen molar-refractivity contribution in [2.75, 3.05) is 40.3 Å². The lowest BCUT2D eigenvalue weighted by Gasteiger charge is -2.36. The van der Waals surface area contributed by atoms with E-state index in [1.165, 1.54) is 24.1 Å². The normalized spacial score (nSPS) is 19.8. The summed E-state index contributed by atoms with van der Waals surface area (Å²) in [5, 5.41) is 17.6. The number of aromatic nitrogens is 4. The number of amides is 3. The molecule has 1 aliphatic heterocycles. The van der Waals surface area contributed by atoms with Gasteiger partial charge in [0.05, 0.1) is 19.3 Å². The highest BCUT2D eigenvalue weighted by Gasteiger charge is 2.36. The van der Waals surface area contributed by atoms with E-state index in [1.54, 1.807) is 24.0 Å². The Balaban J connectivity index is 1.37. The second kappa shape index (κ2) is 17.2. The number of nitrogens with zero attached hydrogens (tertiary/aromatic N) is 6. The molecule has 52 heavy (non-hydrogen) atoms. The fourth-order valence-corrected chi connectivity index (χ4v) is 7.20. The smallest absolute Gasteiger partial charge is 0.276 e. The molecule has 2 aliphatic rings. The van der Waals surface area contributed by atoms with Gasteiger partial charge < -0.3 is 25.2 Å². The van der Waals surface area contributed by atoms with E-state index in [0.717, 1.165) is 25.7 Å². The van der Waals surface area contributed by atoms with E-state index >= 15 is 4.39 Å². The fraction of sp³-hybridized carbons (Fsp3) is 0.595. The van der Waals surface area contributed by atoms with Gasteiger partial charge in [-0.1, -0.05) is 50.9 Å². The zero-order valence-corrected chi connectivity index (χ0v) is 31.0. The lowest BCUT2D eigenvalue weighted by atomic mass is 9.77. The van der Waals surface area contributed by atoms with E-state index in [-0.39, 0.29) is 46.7 Å². The molecule has 0 spiro atoms. The summed E-state index contributed by atoms with van der Waals surface area (Å²) in [6, 6.07) is 2.69. The molecule has 1 aliphatic carbocycles. The highest BCUT2D eigenvalue weighted by Crippen LogP contribution is 2.32. The number of piperazine rings is 1. The van der Waals surface area contributed by atoms with E-state index in [4.69, 9.17) is 9.37 Å². The number of ketones is 1. The summed E-state index contributed by atoms with van der Waals surface area (Å²) in [6.07, 6.45) is 5.01. The maximum atomic E-state index is 16.0. The summed E-state index contributed by atoms with van der Waals surface area (Å²) < 4.78 is 27.6. The summed E-state index contributed by atoms with van der Waals surface area (Å²) in [5.41, 5.74) is 1.28. The average Bonchev–Trinajstić information content (AvgIpc) is 3.81. The molecule has 1 saturated carbocycles. The number of aryl methyl sites for hydroxylation is 2. The Hall–Kier alpha value is -4.66. The van der Waals surface area contributed by atoms with Crippen molar-refractivity contribution in [2.45, 2.75) is 90.8 Å². The lowest BCUT2D eigenvalue weighted by Crippen LogP contribution is -2.56. The van der Waals surface area contributed by atoms with Crippen LogP contribution in [0.3, 0.4) is 0 Å². The molecule has 3 amide bonds. The van der Waals surface area contributed by atoms with Crippen molar-refractivity contribution in [3.8, 4) is 5.75 Å². The highest BCUT2D eigenvalue weighted by molar-refractivity contribution is 5.99. The van der Waals surface area contributed by atoms with Crippen molar-refractivity contribution in [1.29, 1.82) is 0 Å². The van der Waals surface area contributed by atoms with Gasteiger partial charge in [0.25, 0.3) is 11.8 Å². The van der Waals surface area contributed by atoms with Gasteiger partial charge in [-0.05, 0) is 67.4 Å². The first-order valence-corrected chi connectivity index (χ1v) is 18.3. The number of carbonyl (C=O) groups is 4. The molecule has 2 fully saturated rings. The number of carbonyl (C=O) groups excluding carboxylic acids is 4. The van der Waals surface area contributed by atoms with Crippen LogP contribution in [0, 0.1) is 17.7 Å². The molecule has 15 heteroatoms. The van der Waals surface area contributed by atoms with Crippen molar-refractivity contribution in [3.05, 3.63) is 58.4 Å². The number of rotatable bonds is 14. The minimum atomic E-state index is -1.03. The van der Waals surface area contributed by atoms with Gasteiger partial charge in [0.15, 0.2) is 22.9 Å². The quantitative estimate of drug-likeness (QED) is 0.252. The predicted octanol–water partition coefficient (Wildman–Crippen LogP) is 3.41. The van der Waals surface area contributed by atoms with Crippen LogP contribution in [0.4, 0.5) is 4.39 Å². The van der Waals surface area contributed by atoms with Crippen LogP contribution >= 0.6 is 0 Å². The molecule has 2 N–H and O–H groups in total. The van der Waals surface area contributed by atoms with Gasteiger partial charge >= 0.3 is 0 Å². The van der Waals surface area contributed by atoms with E-state index in [2.05, 4.69) is 37.9 Å². The van der Waals surface area contributed by atoms with Crippen LogP contribution < -0.4 is 15.4 Å². The molecule has 0 radical (unpaired) electrons. The lowest BCUT2D eigenvalue weighted by molar-refractivity contribution is -0.135. The number of ether oxygens (including phenoxy) is 1. The topological polar surface area (TPSA) is 165 Å². The number of Topliss-reactive ketones (excluding diaryl/α,β-unsaturated/α-hetero) is 1. The number of hydrogen-bond donors (Lipinski definition) is 2. The van der Waals surface area contributed by atoms with Crippen molar-refractivity contribution >= 4 is 23.5 Å². The van der Waals surface area contributed by atoms with Crippen LogP contribution in [0.1, 0.15) is 97.1 Å². The van der Waals surface area contributed by atoms with E-state index in [0.29, 0.717) is 56.3 Å². The molecule has 14 nitrogen and oxygen atoms in total. The standard InChI is InChI=1S/C37H51FN8O6/c1-7-28-33(43-52-42-28)35(48)41-32(24-11-9-22(3)10-12-24)29(47)20-26-14-13-25(19-27(26)38)23(4)31(37(50)45-17-15-44(5)16-18-45)40-36(49)34-30(51-6)21-39-46(34)8-2/h13-14,19,21-24,31-32H,7-12,15-18,20H2,1-6H3,(H,40,49)(H,41,48)/t22?,23-,24?,31+,32-/m0/s1. The summed E-state index contributed by atoms with van der Waals surface area (Å²) >= 11 is 0. The Labute approximate surface area is 303 Å². The average molecular weight is 723 g/mol. The maximum Gasteiger partial charge on any atom is 0.276 e. The SMILES string of the molecule is CCc1nonc1C(=O)N[C@H](C(=O)Cc1ccc([C@H](C)[C@@H](NC(=O)c2c(OC)cnn2CC)C(=O)N2CCN(C)CC2)cc1F)C1CCC(C)CC1. The van der Waals surface area contributed by atoms with Gasteiger partial charge in [0.2, 0.25) is 5.91 Å². The van der Waals surface area contributed by atoms with Gasteiger partial charge in [-0.15, -0.1) is 0 Å². The van der Waals surface area contributed by atoms with Crippen LogP contribution in [-0.2, 0) is 29.0 Å². The number of methoxy groups -OCH3 is 1. The second-order valence-corrected chi connectivity index (χ2v) is 14.1. The molecule has 3 aromatic rings. The summed E-state index contributed by atoms with van der Waals surface area (Å²) in [6.45, 7) is 10.4. The number of nitrogens with one attached hydrogen (secondary N) is 2. The van der Waals surface area contributed by atoms with Crippen molar-refractivity contribution in [2.24, 2.45) is 11.8 Å². The number of hydrogen-bond acceptors (Lipinski definition) is 10. The van der Waals surface area contributed by atoms with Crippen molar-refractivity contribution < 1.29 is 32.9 Å². The second-order valence-electron chi connectivity index (χ2n) is 14.1. The summed E-state index contributed by atoms with van der Waals surface area (Å²) in [4.78, 5) is 58.7. The molecular weight excluding hydrogens is 671 g/mol. The fourth-order valence-electron chi connectivity index (χ4n) is 7.20. The minimum Gasteiger partial charge on any atom is -0.493 e. The van der Waals surface area contributed by atoms with Gasteiger partial charge in [-0.2, -0.15) is 5.10 Å². The Morgan fingerprint density at radius 2 is 1.73 bits per heavy atom. The van der Waals surface area contributed by atoms with Crippen LogP contribution in [0.25, 0.3) is 0 Å². The molecule has 3 atom stereocenters. The Bertz CT molecular complexity index is 1700. The first kappa shape index (κ1) is 38.6. The number of likely N-dealkylation sites (N-methyl/N-ethyl adjacent to an activating group) is 1. The zero-order valence-electron chi connectivity index (χ0n) is 31.0. The third-order valence-corrected chi connectivity index (χ3v) is 10.6. The molecule has 2 aromatic heterocycles. The summed E-state index contributed by atoms with van der Waals surface area (Å²) in [7, 11) is 3.43. The Morgan fingerprint density at radius 1 is 1.02 bits per heavy atom. The summed E-state index contributed by atoms with van der Waals surface area (Å²) in [5.74, 6) is -2.22. The number of benzene rings is 1.